The number of hydrogen-bond acceptors (Lipinski definition) is 4. The number of primary amides is 1. The fourth-order valence-electron chi connectivity index (χ4n) is 4.50. The van der Waals surface area contributed by atoms with Gasteiger partial charge < -0.3 is 27.4 Å². The molecule has 0 heterocycles. The third-order valence-electron chi connectivity index (χ3n) is 6.33. The Morgan fingerprint density at radius 2 is 1.58 bits per heavy atom. The number of nitrogens with zero attached hydrogens (tertiary/aromatic N) is 2. The summed E-state index contributed by atoms with van der Waals surface area (Å²) in [5.41, 5.74) is 18.6. The Labute approximate surface area is 223 Å². The van der Waals surface area contributed by atoms with Crippen LogP contribution in [0.4, 0.5) is 0 Å². The molecule has 0 fully saturated rings. The number of amides is 3. The van der Waals surface area contributed by atoms with Crippen molar-refractivity contribution in [2.24, 2.45) is 22.2 Å². The summed E-state index contributed by atoms with van der Waals surface area (Å²) in [6.45, 7) is 1.92. The van der Waals surface area contributed by atoms with E-state index < -0.39 is 18.0 Å². The van der Waals surface area contributed by atoms with Gasteiger partial charge in [0.2, 0.25) is 17.7 Å². The number of rotatable bonds is 13. The van der Waals surface area contributed by atoms with Crippen LogP contribution in [-0.4, -0.2) is 53.8 Å². The molecule has 38 heavy (non-hydrogen) atoms. The van der Waals surface area contributed by atoms with Gasteiger partial charge in [-0.1, -0.05) is 72.8 Å². The van der Waals surface area contributed by atoms with E-state index in [9.17, 15) is 14.4 Å². The molecular weight excluding hydrogens is 480 g/mol. The van der Waals surface area contributed by atoms with Crippen LogP contribution >= 0.6 is 0 Å². The molecule has 0 bridgehead atoms. The zero-order chi connectivity index (χ0) is 27.5. The minimum atomic E-state index is -0.885. The normalized spacial score (nSPS) is 12.3. The maximum absolute atomic E-state index is 13.9. The van der Waals surface area contributed by atoms with Crippen LogP contribution in [0.5, 0.6) is 0 Å². The largest absolute Gasteiger partial charge is 0.370 e. The number of guanidine groups is 1. The summed E-state index contributed by atoms with van der Waals surface area (Å²) in [6.07, 6.45) is 1.53. The maximum atomic E-state index is 13.9. The summed E-state index contributed by atoms with van der Waals surface area (Å²) in [5, 5.41) is 4.98. The number of aliphatic imine (C=N–C) groups is 1. The van der Waals surface area contributed by atoms with Crippen molar-refractivity contribution in [3.05, 3.63) is 83.9 Å². The molecule has 0 unspecified atom stereocenters. The van der Waals surface area contributed by atoms with E-state index in [0.29, 0.717) is 19.4 Å². The van der Waals surface area contributed by atoms with Crippen molar-refractivity contribution in [3.63, 3.8) is 0 Å². The molecule has 3 rings (SSSR count). The Morgan fingerprint density at radius 3 is 2.24 bits per heavy atom. The highest BCUT2D eigenvalue weighted by molar-refractivity contribution is 5.91. The lowest BCUT2D eigenvalue weighted by Crippen LogP contribution is -2.56. The lowest BCUT2D eigenvalue weighted by molar-refractivity contribution is -0.142. The summed E-state index contributed by atoms with van der Waals surface area (Å²) in [7, 11) is 0. The van der Waals surface area contributed by atoms with Crippen LogP contribution in [0.1, 0.15) is 30.9 Å². The highest BCUT2D eigenvalue weighted by Crippen LogP contribution is 2.18. The minimum absolute atomic E-state index is 0.0431. The topological polar surface area (TPSA) is 157 Å². The van der Waals surface area contributed by atoms with Crippen LogP contribution < -0.4 is 22.5 Å². The molecule has 0 saturated carbocycles. The summed E-state index contributed by atoms with van der Waals surface area (Å²) in [4.78, 5) is 44.1. The van der Waals surface area contributed by atoms with Gasteiger partial charge in [0.25, 0.3) is 0 Å². The Bertz CT molecular complexity index is 1270. The van der Waals surface area contributed by atoms with E-state index in [1.165, 1.54) is 11.8 Å². The zero-order valence-electron chi connectivity index (χ0n) is 21.7. The van der Waals surface area contributed by atoms with Crippen LogP contribution in [0.2, 0.25) is 0 Å². The predicted molar refractivity (Wildman–Crippen MR) is 150 cm³/mol. The Hall–Kier alpha value is -4.40. The maximum Gasteiger partial charge on any atom is 0.246 e. The van der Waals surface area contributed by atoms with Gasteiger partial charge in [-0.05, 0) is 41.2 Å². The molecule has 0 spiro atoms. The van der Waals surface area contributed by atoms with E-state index >= 15 is 0 Å². The molecule has 200 valence electrons. The highest BCUT2D eigenvalue weighted by atomic mass is 16.2. The fourth-order valence-corrected chi connectivity index (χ4v) is 4.50. The third-order valence-corrected chi connectivity index (χ3v) is 6.33. The summed E-state index contributed by atoms with van der Waals surface area (Å²) in [5.74, 6) is -1.37. The SMILES string of the molecule is CC(=O)N[C@H](Cc1ccccc1)C(=O)N(CCc1ccc2ccccc2c1)[C@@H](CCCN=C(N)N)C(N)=O. The molecule has 3 aromatic carbocycles. The van der Waals surface area contributed by atoms with Gasteiger partial charge >= 0.3 is 0 Å². The third kappa shape index (κ3) is 8.33. The molecule has 3 aromatic rings. The van der Waals surface area contributed by atoms with Crippen LogP contribution in [0.25, 0.3) is 10.8 Å². The molecule has 0 aliphatic rings. The molecule has 0 aromatic heterocycles. The number of hydrogen-bond donors (Lipinski definition) is 4. The number of carbonyl (C=O) groups excluding carboxylic acids is 3. The minimum Gasteiger partial charge on any atom is -0.370 e. The number of carbonyl (C=O) groups is 3. The van der Waals surface area contributed by atoms with Crippen molar-refractivity contribution in [2.45, 2.75) is 44.7 Å². The second-order valence-electron chi connectivity index (χ2n) is 9.27. The molecule has 9 heteroatoms. The Kier molecular flexibility index (Phi) is 10.2. The first-order valence-corrected chi connectivity index (χ1v) is 12.7. The van der Waals surface area contributed by atoms with E-state index in [4.69, 9.17) is 17.2 Å². The van der Waals surface area contributed by atoms with Gasteiger partial charge in [-0.3, -0.25) is 19.4 Å². The van der Waals surface area contributed by atoms with Crippen LogP contribution in [0, 0.1) is 0 Å². The quantitative estimate of drug-likeness (QED) is 0.155. The molecular formula is C29H36N6O3. The van der Waals surface area contributed by atoms with Gasteiger partial charge in [0.1, 0.15) is 12.1 Å². The molecule has 0 radical (unpaired) electrons. The van der Waals surface area contributed by atoms with Crippen molar-refractivity contribution in [2.75, 3.05) is 13.1 Å². The van der Waals surface area contributed by atoms with Crippen LogP contribution in [0.3, 0.4) is 0 Å². The van der Waals surface area contributed by atoms with Gasteiger partial charge in [0.05, 0.1) is 0 Å². The number of nitrogens with two attached hydrogens (primary N) is 3. The molecule has 9 nitrogen and oxygen atoms in total. The zero-order valence-corrected chi connectivity index (χ0v) is 21.7. The summed E-state index contributed by atoms with van der Waals surface area (Å²) >= 11 is 0. The molecule has 0 saturated heterocycles. The van der Waals surface area contributed by atoms with Crippen LogP contribution in [-0.2, 0) is 27.2 Å². The van der Waals surface area contributed by atoms with E-state index in [2.05, 4.69) is 16.4 Å². The summed E-state index contributed by atoms with van der Waals surface area (Å²) in [6, 6.07) is 21.8. The van der Waals surface area contributed by atoms with Crippen molar-refractivity contribution < 1.29 is 14.4 Å². The van der Waals surface area contributed by atoms with Gasteiger partial charge in [-0.25, -0.2) is 0 Å². The van der Waals surface area contributed by atoms with Gasteiger partial charge in [0.15, 0.2) is 5.96 Å². The Balaban J connectivity index is 1.88. The van der Waals surface area contributed by atoms with E-state index in [1.54, 1.807) is 0 Å². The van der Waals surface area contributed by atoms with Crippen molar-refractivity contribution in [1.29, 1.82) is 0 Å². The van der Waals surface area contributed by atoms with E-state index in [0.717, 1.165) is 21.9 Å². The first kappa shape index (κ1) is 28.2. The second-order valence-corrected chi connectivity index (χ2v) is 9.27. The van der Waals surface area contributed by atoms with Crippen molar-refractivity contribution >= 4 is 34.5 Å². The van der Waals surface area contributed by atoms with Gasteiger partial charge in [-0.2, -0.15) is 0 Å². The van der Waals surface area contributed by atoms with Crippen molar-refractivity contribution in [3.8, 4) is 0 Å². The average Bonchev–Trinajstić information content (AvgIpc) is 2.89. The first-order valence-electron chi connectivity index (χ1n) is 12.7. The van der Waals surface area contributed by atoms with Crippen molar-refractivity contribution in [1.82, 2.24) is 10.2 Å². The lowest BCUT2D eigenvalue weighted by Gasteiger charge is -2.33. The fraction of sp³-hybridized carbons (Fsp3) is 0.310. The highest BCUT2D eigenvalue weighted by Gasteiger charge is 2.33. The van der Waals surface area contributed by atoms with Gasteiger partial charge in [-0.15, -0.1) is 0 Å². The number of benzene rings is 3. The van der Waals surface area contributed by atoms with Gasteiger partial charge in [0, 0.05) is 26.4 Å². The molecule has 2 atom stereocenters. The number of fused-ring (bicyclic) bond motifs is 1. The second kappa shape index (κ2) is 13.8. The number of nitrogens with one attached hydrogen (secondary N) is 1. The molecule has 7 N–H and O–H groups in total. The predicted octanol–water partition coefficient (Wildman–Crippen LogP) is 1.87. The molecule has 0 aliphatic heterocycles. The summed E-state index contributed by atoms with van der Waals surface area (Å²) < 4.78 is 0. The standard InChI is InChI=1S/C29H36N6O3/c1-20(36)34-25(19-21-8-3-2-4-9-21)28(38)35(26(27(30)37)12-7-16-33-29(31)32)17-15-22-13-14-23-10-5-6-11-24(23)18-22/h2-6,8-11,13-14,18,25-26H,7,12,15-17,19H2,1H3,(H2,30,37)(H,34,36)(H4,31,32,33)/t25-,26+/m1/s1. The first-order chi connectivity index (χ1) is 18.2. The average molecular weight is 517 g/mol. The van der Waals surface area contributed by atoms with Crippen LogP contribution in [0.15, 0.2) is 77.8 Å². The lowest BCUT2D eigenvalue weighted by atomic mass is 10.0. The smallest absolute Gasteiger partial charge is 0.246 e. The monoisotopic (exact) mass is 516 g/mol. The molecule has 0 aliphatic carbocycles. The Morgan fingerprint density at radius 1 is 0.895 bits per heavy atom. The molecule has 3 amide bonds. The van der Waals surface area contributed by atoms with E-state index in [1.807, 2.05) is 66.7 Å². The van der Waals surface area contributed by atoms with E-state index in [-0.39, 0.29) is 37.2 Å².